The average Bonchev–Trinajstić information content (AvgIpc) is 3.22. The number of aromatic nitrogens is 3. The maximum Gasteiger partial charge on any atom is 0.255 e. The summed E-state index contributed by atoms with van der Waals surface area (Å²) in [5.74, 6) is 0.488. The van der Waals surface area contributed by atoms with E-state index in [1.807, 2.05) is 31.3 Å². The van der Waals surface area contributed by atoms with Crippen LogP contribution >= 0.6 is 0 Å². The van der Waals surface area contributed by atoms with Crippen LogP contribution in [-0.2, 0) is 6.42 Å². The van der Waals surface area contributed by atoms with Crippen molar-refractivity contribution >= 4 is 11.6 Å². The molecule has 0 saturated carbocycles. The molecule has 0 aliphatic carbocycles. The number of fused-ring (bicyclic) bond motifs is 1. The van der Waals surface area contributed by atoms with Crippen molar-refractivity contribution in [2.45, 2.75) is 6.42 Å². The summed E-state index contributed by atoms with van der Waals surface area (Å²) in [5.41, 5.74) is 4.35. The van der Waals surface area contributed by atoms with Gasteiger partial charge in [0.15, 0.2) is 5.75 Å². The Balaban J connectivity index is 1.63. The molecule has 3 heterocycles. The summed E-state index contributed by atoms with van der Waals surface area (Å²) in [4.78, 5) is 26.2. The van der Waals surface area contributed by atoms with E-state index in [-0.39, 0.29) is 5.91 Å². The van der Waals surface area contributed by atoms with Gasteiger partial charge in [0, 0.05) is 49.9 Å². The number of hydrogen-bond donors (Lipinski definition) is 2. The first-order chi connectivity index (χ1) is 13.2. The number of ether oxygens (including phenoxy) is 1. The number of benzene rings is 1. The standard InChI is InChI=1S/C20H21N5O2/c1-25-7-8-27-19-17(20(26)23-6-4-16-12-22-13-24-16)9-15(10-18(19)25)14-3-2-5-21-11-14/h2-3,5,9-13H,4,6-8H2,1H3,(H,22,24)(H,23,26). The van der Waals surface area contributed by atoms with Crippen LogP contribution in [0.25, 0.3) is 11.1 Å². The normalized spacial score (nSPS) is 13.0. The SMILES string of the molecule is CN1CCOc2c(C(=O)NCCc3cnc[nH]3)cc(-c3cccnc3)cc21. The molecule has 1 aromatic carbocycles. The summed E-state index contributed by atoms with van der Waals surface area (Å²) in [6.45, 7) is 1.86. The van der Waals surface area contributed by atoms with Crippen molar-refractivity contribution in [2.24, 2.45) is 0 Å². The zero-order chi connectivity index (χ0) is 18.6. The summed E-state index contributed by atoms with van der Waals surface area (Å²) in [7, 11) is 2.01. The van der Waals surface area contributed by atoms with Crippen LogP contribution in [0.3, 0.4) is 0 Å². The molecule has 1 aliphatic rings. The molecule has 2 aromatic heterocycles. The third kappa shape index (κ3) is 3.62. The lowest BCUT2D eigenvalue weighted by Crippen LogP contribution is -2.32. The smallest absolute Gasteiger partial charge is 0.255 e. The minimum Gasteiger partial charge on any atom is -0.489 e. The molecule has 4 rings (SSSR count). The van der Waals surface area contributed by atoms with Gasteiger partial charge in [0.1, 0.15) is 6.61 Å². The maximum atomic E-state index is 12.9. The van der Waals surface area contributed by atoms with Crippen molar-refractivity contribution in [1.82, 2.24) is 20.3 Å². The average molecular weight is 363 g/mol. The first-order valence-corrected chi connectivity index (χ1v) is 8.90. The predicted octanol–water partition coefficient (Wildman–Crippen LogP) is 2.27. The predicted molar refractivity (Wildman–Crippen MR) is 103 cm³/mol. The number of nitrogens with one attached hydrogen (secondary N) is 2. The Bertz CT molecular complexity index is 925. The Morgan fingerprint density at radius 1 is 1.30 bits per heavy atom. The molecule has 0 fully saturated rings. The number of carbonyl (C=O) groups excluding carboxylic acids is 1. The van der Waals surface area contributed by atoms with E-state index in [2.05, 4.69) is 25.2 Å². The lowest BCUT2D eigenvalue weighted by Gasteiger charge is -2.29. The Morgan fingerprint density at radius 3 is 3.00 bits per heavy atom. The summed E-state index contributed by atoms with van der Waals surface area (Å²) >= 11 is 0. The summed E-state index contributed by atoms with van der Waals surface area (Å²) < 4.78 is 5.85. The van der Waals surface area contributed by atoms with Gasteiger partial charge in [-0.1, -0.05) is 6.07 Å². The molecular weight excluding hydrogens is 342 g/mol. The highest BCUT2D eigenvalue weighted by Gasteiger charge is 2.24. The monoisotopic (exact) mass is 363 g/mol. The van der Waals surface area contributed by atoms with Crippen molar-refractivity contribution < 1.29 is 9.53 Å². The van der Waals surface area contributed by atoms with Crippen molar-refractivity contribution in [1.29, 1.82) is 0 Å². The number of rotatable bonds is 5. The minimum absolute atomic E-state index is 0.146. The van der Waals surface area contributed by atoms with Crippen LogP contribution in [0.4, 0.5) is 5.69 Å². The molecule has 0 radical (unpaired) electrons. The number of likely N-dealkylation sites (N-methyl/N-ethyl adjacent to an activating group) is 1. The zero-order valence-electron chi connectivity index (χ0n) is 15.1. The highest BCUT2D eigenvalue weighted by molar-refractivity contribution is 6.00. The van der Waals surface area contributed by atoms with Crippen molar-refractivity contribution in [3.8, 4) is 16.9 Å². The molecule has 2 N–H and O–H groups in total. The van der Waals surface area contributed by atoms with Gasteiger partial charge < -0.3 is 19.9 Å². The van der Waals surface area contributed by atoms with Gasteiger partial charge >= 0.3 is 0 Å². The zero-order valence-corrected chi connectivity index (χ0v) is 15.1. The molecule has 0 unspecified atom stereocenters. The molecule has 3 aromatic rings. The molecule has 1 amide bonds. The number of amides is 1. The molecule has 0 atom stereocenters. The second-order valence-corrected chi connectivity index (χ2v) is 6.47. The Labute approximate surface area is 157 Å². The molecule has 7 heteroatoms. The van der Waals surface area contributed by atoms with Gasteiger partial charge in [0.2, 0.25) is 0 Å². The third-order valence-corrected chi connectivity index (χ3v) is 4.63. The fourth-order valence-electron chi connectivity index (χ4n) is 3.15. The first kappa shape index (κ1) is 17.1. The number of pyridine rings is 1. The van der Waals surface area contributed by atoms with Crippen molar-refractivity contribution in [3.63, 3.8) is 0 Å². The summed E-state index contributed by atoms with van der Waals surface area (Å²) in [6.07, 6.45) is 7.62. The lowest BCUT2D eigenvalue weighted by atomic mass is 10.0. The lowest BCUT2D eigenvalue weighted by molar-refractivity contribution is 0.0950. The Kier molecular flexibility index (Phi) is 4.74. The van der Waals surface area contributed by atoms with Gasteiger partial charge in [-0.15, -0.1) is 0 Å². The largest absolute Gasteiger partial charge is 0.489 e. The number of imidazole rings is 1. The number of aromatic amines is 1. The molecule has 0 spiro atoms. The summed E-state index contributed by atoms with van der Waals surface area (Å²) in [5, 5.41) is 2.98. The van der Waals surface area contributed by atoms with Crippen LogP contribution in [-0.4, -0.2) is 47.6 Å². The van der Waals surface area contributed by atoms with E-state index in [0.717, 1.165) is 29.1 Å². The highest BCUT2D eigenvalue weighted by Crippen LogP contribution is 2.38. The van der Waals surface area contributed by atoms with Gasteiger partial charge in [-0.25, -0.2) is 4.98 Å². The number of hydrogen-bond acceptors (Lipinski definition) is 5. The van der Waals surface area contributed by atoms with Crippen molar-refractivity contribution in [2.75, 3.05) is 31.6 Å². The quantitative estimate of drug-likeness (QED) is 0.727. The number of carbonyl (C=O) groups is 1. The molecule has 1 aliphatic heterocycles. The van der Waals surface area contributed by atoms with Crippen LogP contribution < -0.4 is 15.0 Å². The van der Waals surface area contributed by atoms with Gasteiger partial charge in [-0.05, 0) is 23.8 Å². The van der Waals surface area contributed by atoms with E-state index in [4.69, 9.17) is 4.74 Å². The molecule has 27 heavy (non-hydrogen) atoms. The molecule has 7 nitrogen and oxygen atoms in total. The fourth-order valence-corrected chi connectivity index (χ4v) is 3.15. The first-order valence-electron chi connectivity index (χ1n) is 8.90. The van der Waals surface area contributed by atoms with Gasteiger partial charge in [0.05, 0.1) is 24.1 Å². The second-order valence-electron chi connectivity index (χ2n) is 6.47. The number of nitrogens with zero attached hydrogens (tertiary/aromatic N) is 3. The Hall–Kier alpha value is -3.35. The van der Waals surface area contributed by atoms with Gasteiger partial charge in [0.25, 0.3) is 5.91 Å². The third-order valence-electron chi connectivity index (χ3n) is 4.63. The van der Waals surface area contributed by atoms with Gasteiger partial charge in [-0.2, -0.15) is 0 Å². The second kappa shape index (κ2) is 7.49. The van der Waals surface area contributed by atoms with E-state index < -0.39 is 0 Å². The van der Waals surface area contributed by atoms with E-state index in [1.165, 1.54) is 0 Å². The molecular formula is C20H21N5O2. The Morgan fingerprint density at radius 2 is 2.22 bits per heavy atom. The molecule has 0 saturated heterocycles. The van der Waals surface area contributed by atoms with E-state index in [9.17, 15) is 4.79 Å². The fraction of sp³-hybridized carbons (Fsp3) is 0.250. The van der Waals surface area contributed by atoms with E-state index in [0.29, 0.717) is 30.9 Å². The highest BCUT2D eigenvalue weighted by atomic mass is 16.5. The molecule has 0 bridgehead atoms. The van der Waals surface area contributed by atoms with Crippen LogP contribution in [0, 0.1) is 0 Å². The molecule has 138 valence electrons. The minimum atomic E-state index is -0.146. The summed E-state index contributed by atoms with van der Waals surface area (Å²) in [6, 6.07) is 7.80. The maximum absolute atomic E-state index is 12.9. The van der Waals surface area contributed by atoms with Crippen LogP contribution in [0.15, 0.2) is 49.2 Å². The van der Waals surface area contributed by atoms with Crippen LogP contribution in [0.5, 0.6) is 5.75 Å². The van der Waals surface area contributed by atoms with Crippen molar-refractivity contribution in [3.05, 3.63) is 60.4 Å². The van der Waals surface area contributed by atoms with E-state index in [1.54, 1.807) is 24.9 Å². The number of anilines is 1. The van der Waals surface area contributed by atoms with Crippen LogP contribution in [0.2, 0.25) is 0 Å². The van der Waals surface area contributed by atoms with Crippen LogP contribution in [0.1, 0.15) is 16.1 Å². The van der Waals surface area contributed by atoms with E-state index >= 15 is 0 Å². The number of H-pyrrole nitrogens is 1. The topological polar surface area (TPSA) is 83.1 Å². The van der Waals surface area contributed by atoms with Gasteiger partial charge in [-0.3, -0.25) is 9.78 Å².